The summed E-state index contributed by atoms with van der Waals surface area (Å²) in [6.07, 6.45) is 43.4. The van der Waals surface area contributed by atoms with E-state index in [4.69, 9.17) is 5.11 Å². The molecule has 0 spiro atoms. The Morgan fingerprint density at radius 1 is 0.441 bits per heavy atom. The van der Waals surface area contributed by atoms with Crippen LogP contribution in [0.3, 0.4) is 0 Å². The van der Waals surface area contributed by atoms with E-state index in [9.17, 15) is 19.5 Å². The van der Waals surface area contributed by atoms with Crippen molar-refractivity contribution in [2.24, 2.45) is 0 Å². The Morgan fingerprint density at radius 2 is 0.644 bits per heavy atom. The highest BCUT2D eigenvalue weighted by atomic mass is 35.5. The maximum absolute atomic E-state index is 11.7. The van der Waals surface area contributed by atoms with Crippen molar-refractivity contribution in [3.8, 4) is 0 Å². The molecule has 356 valence electrons. The number of carbonyl (C=O) groups is 3. The van der Waals surface area contributed by atoms with Gasteiger partial charge in [0, 0.05) is 38.8 Å². The van der Waals surface area contributed by atoms with Gasteiger partial charge in [-0.15, -0.1) is 0 Å². The molecular formula is C49H103ClN4O5. The first-order valence-electron chi connectivity index (χ1n) is 25.0. The van der Waals surface area contributed by atoms with E-state index in [-0.39, 0.29) is 24.2 Å². The fourth-order valence-electron chi connectivity index (χ4n) is 6.83. The van der Waals surface area contributed by atoms with Gasteiger partial charge in [-0.2, -0.15) is 0 Å². The van der Waals surface area contributed by atoms with Crippen LogP contribution >= 0.6 is 0 Å². The Labute approximate surface area is 373 Å². The molecule has 0 aliphatic carbocycles. The quantitative estimate of drug-likeness (QED) is 0.0559. The fraction of sp³-hybridized carbons (Fsp3) is 0.939. The number of amides is 2. The van der Waals surface area contributed by atoms with Crippen LogP contribution in [0.15, 0.2) is 0 Å². The monoisotopic (exact) mass is 863 g/mol. The summed E-state index contributed by atoms with van der Waals surface area (Å²) in [4.78, 5) is 35.6. The lowest BCUT2D eigenvalue weighted by Gasteiger charge is -2.08. The Morgan fingerprint density at radius 3 is 0.831 bits per heavy atom. The van der Waals surface area contributed by atoms with Crippen molar-refractivity contribution < 1.29 is 46.8 Å². The zero-order chi connectivity index (χ0) is 43.7. The van der Waals surface area contributed by atoms with Gasteiger partial charge in [-0.3, -0.25) is 9.59 Å². The molecule has 0 radical (unpaired) electrons. The molecule has 0 aliphatic rings. The third-order valence-electron chi connectivity index (χ3n) is 10.7. The van der Waals surface area contributed by atoms with Crippen LogP contribution in [0, 0.1) is 0 Å². The average Bonchev–Trinajstić information content (AvgIpc) is 3.18. The number of unbranched alkanes of at least 4 members (excludes halogenated alkanes) is 28. The topological polar surface area (TPSA) is 127 Å². The second-order valence-electron chi connectivity index (χ2n) is 17.7. The summed E-state index contributed by atoms with van der Waals surface area (Å²) >= 11 is 0. The molecule has 59 heavy (non-hydrogen) atoms. The highest BCUT2D eigenvalue weighted by Gasteiger charge is 2.03. The molecule has 5 N–H and O–H groups in total. The number of halogens is 1. The van der Waals surface area contributed by atoms with Crippen LogP contribution in [0.4, 0.5) is 0 Å². The number of carboxylic acid groups (broad SMARTS) is 1. The minimum absolute atomic E-state index is 0. The smallest absolute Gasteiger partial charge is 0.219 e. The predicted molar refractivity (Wildman–Crippen MR) is 246 cm³/mol. The molecular weight excluding hydrogens is 760 g/mol. The molecule has 0 aliphatic heterocycles. The largest absolute Gasteiger partial charge is 1.00 e. The van der Waals surface area contributed by atoms with Crippen molar-refractivity contribution in [3.63, 3.8) is 0 Å². The molecule has 0 saturated carbocycles. The molecule has 2 amide bonds. The van der Waals surface area contributed by atoms with E-state index in [1.807, 2.05) is 0 Å². The molecule has 0 saturated heterocycles. The minimum Gasteiger partial charge on any atom is -1.00 e. The van der Waals surface area contributed by atoms with E-state index < -0.39 is 12.1 Å². The Bertz CT molecular complexity index is 789. The fourth-order valence-corrected chi connectivity index (χ4v) is 6.83. The van der Waals surface area contributed by atoms with Gasteiger partial charge in [-0.05, 0) is 19.8 Å². The van der Waals surface area contributed by atoms with Crippen LogP contribution in [0.25, 0.3) is 0 Å². The number of carbonyl (C=O) groups excluding carboxylic acids is 3. The van der Waals surface area contributed by atoms with E-state index in [1.54, 1.807) is 0 Å². The van der Waals surface area contributed by atoms with Gasteiger partial charge < -0.3 is 47.8 Å². The van der Waals surface area contributed by atoms with Crippen molar-refractivity contribution in [1.82, 2.24) is 10.6 Å². The third kappa shape index (κ3) is 65.9. The van der Waals surface area contributed by atoms with E-state index in [1.165, 1.54) is 190 Å². The van der Waals surface area contributed by atoms with Crippen LogP contribution in [0.1, 0.15) is 239 Å². The molecule has 0 aromatic carbocycles. The normalized spacial score (nSPS) is 11.3. The molecule has 9 nitrogen and oxygen atoms in total. The Balaban J connectivity index is -0.000000443. The number of hydrogen-bond donors (Lipinski definition) is 5. The van der Waals surface area contributed by atoms with E-state index >= 15 is 0 Å². The summed E-state index contributed by atoms with van der Waals surface area (Å²) in [7, 11) is 8.60. The molecule has 1 unspecified atom stereocenters. The van der Waals surface area contributed by atoms with Gasteiger partial charge in [0.2, 0.25) is 11.8 Å². The average molecular weight is 864 g/mol. The molecule has 0 aromatic heterocycles. The van der Waals surface area contributed by atoms with Crippen LogP contribution in [0.2, 0.25) is 0 Å². The van der Waals surface area contributed by atoms with Gasteiger partial charge in [-0.1, -0.05) is 194 Å². The molecule has 1 atom stereocenters. The summed E-state index contributed by atoms with van der Waals surface area (Å²) in [5, 5.41) is 23.4. The first kappa shape index (κ1) is 64.2. The van der Waals surface area contributed by atoms with Gasteiger partial charge >= 0.3 is 0 Å². The lowest BCUT2D eigenvalue weighted by Crippen LogP contribution is -3.05. The van der Waals surface area contributed by atoms with Crippen LogP contribution < -0.4 is 37.9 Å². The predicted octanol–water partition coefficient (Wildman–Crippen LogP) is 4.92. The highest BCUT2D eigenvalue weighted by molar-refractivity contribution is 5.76. The van der Waals surface area contributed by atoms with Crippen LogP contribution in [-0.2, 0) is 14.4 Å². The van der Waals surface area contributed by atoms with E-state index in [0.717, 1.165) is 58.8 Å². The lowest BCUT2D eigenvalue weighted by atomic mass is 10.0. The van der Waals surface area contributed by atoms with Gasteiger partial charge in [0.15, 0.2) is 0 Å². The number of aliphatic carboxylic acids is 1. The van der Waals surface area contributed by atoms with Crippen molar-refractivity contribution in [2.75, 3.05) is 54.4 Å². The molecule has 0 rings (SSSR count). The number of quaternary nitrogens is 2. The molecule has 0 aromatic rings. The lowest BCUT2D eigenvalue weighted by molar-refractivity contribution is -0.858. The zero-order valence-electron chi connectivity index (χ0n) is 40.4. The maximum Gasteiger partial charge on any atom is 0.219 e. The summed E-state index contributed by atoms with van der Waals surface area (Å²) in [5.74, 6) is -0.947. The molecule has 0 heterocycles. The van der Waals surface area contributed by atoms with Crippen LogP contribution in [-0.4, -0.2) is 83.4 Å². The molecule has 0 bridgehead atoms. The third-order valence-corrected chi connectivity index (χ3v) is 10.7. The summed E-state index contributed by atoms with van der Waals surface area (Å²) in [6.45, 7) is 9.62. The Hall–Kier alpha value is -1.42. The number of aliphatic hydroxyl groups excluding tert-OH is 1. The number of aliphatic hydroxyl groups is 1. The highest BCUT2D eigenvalue weighted by Crippen LogP contribution is 2.15. The number of hydrogen-bond acceptors (Lipinski definition) is 5. The van der Waals surface area contributed by atoms with Crippen molar-refractivity contribution >= 4 is 17.8 Å². The van der Waals surface area contributed by atoms with Gasteiger partial charge in [-0.25, -0.2) is 0 Å². The molecule has 0 fully saturated rings. The SMILES string of the molecule is CC(O)C(=O)[O-].CCCCCCCCCCCCCCCCCC(=O)NCCC[NH+](C)C.CCCCCCCCCCCCCCCCCC(=O)NCCC[NH+](C)C.[Cl-]. The first-order chi connectivity index (χ1) is 28.0. The van der Waals surface area contributed by atoms with Crippen LogP contribution in [0.5, 0.6) is 0 Å². The van der Waals surface area contributed by atoms with Gasteiger partial charge in [0.25, 0.3) is 0 Å². The minimum atomic E-state index is -1.44. The summed E-state index contributed by atoms with van der Waals surface area (Å²) in [6, 6.07) is 0. The standard InChI is InChI=1S/2C23H48N2O.C3H6O3.ClH/c2*1-4-5-6-7-8-9-10-11-12-13-14-15-16-17-18-20-23(26)24-21-19-22-25(2)3;1-2(4)3(5)6;/h2*4-22H2,1-3H3,(H,24,26);2,4H,1H3,(H,5,6);1H. The van der Waals surface area contributed by atoms with Crippen molar-refractivity contribution in [1.29, 1.82) is 0 Å². The van der Waals surface area contributed by atoms with Crippen molar-refractivity contribution in [2.45, 2.75) is 245 Å². The number of rotatable bonds is 41. The molecule has 10 heteroatoms. The summed E-state index contributed by atoms with van der Waals surface area (Å²) < 4.78 is 0. The second-order valence-corrected chi connectivity index (χ2v) is 17.7. The van der Waals surface area contributed by atoms with Gasteiger partial charge in [0.05, 0.1) is 53.4 Å². The second kappa shape index (κ2) is 54.6. The van der Waals surface area contributed by atoms with E-state index in [2.05, 4.69) is 52.7 Å². The van der Waals surface area contributed by atoms with E-state index in [0.29, 0.717) is 12.8 Å². The number of carboxylic acids is 1. The van der Waals surface area contributed by atoms with Crippen molar-refractivity contribution in [3.05, 3.63) is 0 Å². The maximum atomic E-state index is 11.7. The van der Waals surface area contributed by atoms with Gasteiger partial charge in [0.1, 0.15) is 0 Å². The summed E-state index contributed by atoms with van der Waals surface area (Å²) in [5.41, 5.74) is 0. The number of nitrogens with one attached hydrogen (secondary N) is 4. The first-order valence-corrected chi connectivity index (χ1v) is 25.0. The zero-order valence-corrected chi connectivity index (χ0v) is 41.2. The Kier molecular flexibility index (Phi) is 59.4.